The third-order valence-electron chi connectivity index (χ3n) is 3.49. The van der Waals surface area contributed by atoms with Gasteiger partial charge < -0.3 is 0 Å². The molecule has 5 heteroatoms. The Morgan fingerprint density at radius 2 is 1.57 bits per heavy atom. The SMILES string of the molecule is Fc1ccc(CC(CBr)(CBr)c2ccc(Cl)cc2)cc1Cl. The molecule has 0 N–H and O–H groups in total. The van der Waals surface area contributed by atoms with E-state index >= 15 is 0 Å². The molecular formula is C16H13Br2Cl2F. The molecule has 0 fully saturated rings. The summed E-state index contributed by atoms with van der Waals surface area (Å²) in [5, 5.41) is 2.40. The number of rotatable bonds is 5. The lowest BCUT2D eigenvalue weighted by molar-refractivity contribution is 0.549. The average molecular weight is 455 g/mol. The molecule has 112 valence electrons. The summed E-state index contributed by atoms with van der Waals surface area (Å²) in [6, 6.07) is 12.7. The van der Waals surface area contributed by atoms with Gasteiger partial charge in [0.15, 0.2) is 0 Å². The van der Waals surface area contributed by atoms with Gasteiger partial charge in [-0.2, -0.15) is 0 Å². The van der Waals surface area contributed by atoms with Gasteiger partial charge >= 0.3 is 0 Å². The molecule has 2 aromatic rings. The molecule has 0 nitrogen and oxygen atoms in total. The lowest BCUT2D eigenvalue weighted by Gasteiger charge is -2.31. The topological polar surface area (TPSA) is 0 Å². The first kappa shape index (κ1) is 17.3. The van der Waals surface area contributed by atoms with Crippen LogP contribution in [0.5, 0.6) is 0 Å². The Morgan fingerprint density at radius 3 is 2.10 bits per heavy atom. The molecule has 0 saturated carbocycles. The second kappa shape index (κ2) is 7.45. The average Bonchev–Trinajstić information content (AvgIpc) is 2.49. The van der Waals surface area contributed by atoms with E-state index in [-0.39, 0.29) is 10.4 Å². The number of hydrogen-bond donors (Lipinski definition) is 0. The minimum atomic E-state index is -0.393. The second-order valence-corrected chi connectivity index (χ2v) is 6.94. The molecule has 2 aromatic carbocycles. The van der Waals surface area contributed by atoms with Crippen LogP contribution in [0.15, 0.2) is 42.5 Å². The summed E-state index contributed by atoms with van der Waals surface area (Å²) >= 11 is 19.1. The number of alkyl halides is 2. The van der Waals surface area contributed by atoms with Crippen LogP contribution in [0.1, 0.15) is 11.1 Å². The van der Waals surface area contributed by atoms with E-state index in [1.165, 1.54) is 11.6 Å². The Balaban J connectivity index is 2.37. The molecule has 0 aromatic heterocycles. The fourth-order valence-electron chi connectivity index (χ4n) is 2.23. The van der Waals surface area contributed by atoms with Gasteiger partial charge in [0.1, 0.15) is 5.82 Å². The van der Waals surface area contributed by atoms with Gasteiger partial charge in [-0.1, -0.05) is 73.3 Å². The fraction of sp³-hybridized carbons (Fsp3) is 0.250. The predicted molar refractivity (Wildman–Crippen MR) is 95.8 cm³/mol. The van der Waals surface area contributed by atoms with Crippen molar-refractivity contribution in [3.63, 3.8) is 0 Å². The summed E-state index contributed by atoms with van der Waals surface area (Å²) in [7, 11) is 0. The van der Waals surface area contributed by atoms with Crippen molar-refractivity contribution in [1.29, 1.82) is 0 Å². The largest absolute Gasteiger partial charge is 0.205 e. The molecule has 0 aliphatic rings. The summed E-state index contributed by atoms with van der Waals surface area (Å²) in [6.45, 7) is 0. The molecule has 2 rings (SSSR count). The van der Waals surface area contributed by atoms with E-state index in [0.29, 0.717) is 5.02 Å². The Morgan fingerprint density at radius 1 is 0.952 bits per heavy atom. The molecule has 0 unspecified atom stereocenters. The molecule has 0 heterocycles. The quantitative estimate of drug-likeness (QED) is 0.458. The van der Waals surface area contributed by atoms with Crippen LogP contribution in [0.25, 0.3) is 0 Å². The zero-order chi connectivity index (χ0) is 15.5. The van der Waals surface area contributed by atoms with E-state index in [0.717, 1.165) is 22.6 Å². The van der Waals surface area contributed by atoms with Gasteiger partial charge in [-0.3, -0.25) is 0 Å². The van der Waals surface area contributed by atoms with Crippen molar-refractivity contribution in [2.24, 2.45) is 0 Å². The molecule has 0 spiro atoms. The monoisotopic (exact) mass is 452 g/mol. The van der Waals surface area contributed by atoms with Crippen LogP contribution in [0.3, 0.4) is 0 Å². The summed E-state index contributed by atoms with van der Waals surface area (Å²) in [4.78, 5) is 0. The van der Waals surface area contributed by atoms with Crippen LogP contribution >= 0.6 is 55.1 Å². The third-order valence-corrected chi connectivity index (χ3v) is 6.18. The fourth-order valence-corrected chi connectivity index (χ4v) is 4.53. The lowest BCUT2D eigenvalue weighted by Crippen LogP contribution is -2.33. The Labute approximate surface area is 150 Å². The van der Waals surface area contributed by atoms with Gasteiger partial charge in [0, 0.05) is 21.1 Å². The predicted octanol–water partition coefficient (Wildman–Crippen LogP) is 6.40. The van der Waals surface area contributed by atoms with Crippen molar-refractivity contribution in [3.05, 3.63) is 69.5 Å². The highest BCUT2D eigenvalue weighted by Gasteiger charge is 2.30. The van der Waals surface area contributed by atoms with Gasteiger partial charge in [-0.25, -0.2) is 4.39 Å². The summed E-state index contributed by atoms with van der Waals surface area (Å²) < 4.78 is 13.3. The van der Waals surface area contributed by atoms with E-state index in [4.69, 9.17) is 23.2 Å². The van der Waals surface area contributed by atoms with Crippen LogP contribution in [0, 0.1) is 5.82 Å². The van der Waals surface area contributed by atoms with Crippen molar-refractivity contribution >= 4 is 55.1 Å². The maximum Gasteiger partial charge on any atom is 0.141 e. The van der Waals surface area contributed by atoms with Gasteiger partial charge in [-0.05, 0) is 41.8 Å². The zero-order valence-electron chi connectivity index (χ0n) is 11.1. The van der Waals surface area contributed by atoms with Crippen molar-refractivity contribution in [1.82, 2.24) is 0 Å². The second-order valence-electron chi connectivity index (χ2n) is 4.98. The van der Waals surface area contributed by atoms with Crippen LogP contribution in [-0.4, -0.2) is 10.7 Å². The Bertz CT molecular complexity index is 610. The molecule has 0 saturated heterocycles. The highest BCUT2D eigenvalue weighted by molar-refractivity contribution is 9.09. The van der Waals surface area contributed by atoms with E-state index in [2.05, 4.69) is 31.9 Å². The van der Waals surface area contributed by atoms with E-state index in [1.807, 2.05) is 24.3 Å². The Kier molecular flexibility index (Phi) is 6.13. The van der Waals surface area contributed by atoms with Crippen LogP contribution in [0.4, 0.5) is 4.39 Å². The smallest absolute Gasteiger partial charge is 0.141 e. The number of hydrogen-bond acceptors (Lipinski definition) is 0. The van der Waals surface area contributed by atoms with Crippen molar-refractivity contribution in [2.45, 2.75) is 11.8 Å². The van der Waals surface area contributed by atoms with Gasteiger partial charge in [0.2, 0.25) is 0 Å². The van der Waals surface area contributed by atoms with Crippen molar-refractivity contribution < 1.29 is 4.39 Å². The van der Waals surface area contributed by atoms with Crippen LogP contribution < -0.4 is 0 Å². The summed E-state index contributed by atoms with van der Waals surface area (Å²) in [5.74, 6) is -0.393. The van der Waals surface area contributed by atoms with Gasteiger partial charge in [-0.15, -0.1) is 0 Å². The summed E-state index contributed by atoms with van der Waals surface area (Å²) in [6.07, 6.45) is 0.741. The normalized spacial score (nSPS) is 11.7. The van der Waals surface area contributed by atoms with Gasteiger partial charge in [0.05, 0.1) is 5.02 Å². The highest BCUT2D eigenvalue weighted by atomic mass is 79.9. The maximum atomic E-state index is 13.3. The van der Waals surface area contributed by atoms with Crippen LogP contribution in [-0.2, 0) is 11.8 Å². The van der Waals surface area contributed by atoms with Gasteiger partial charge in [0.25, 0.3) is 0 Å². The van der Waals surface area contributed by atoms with Crippen molar-refractivity contribution in [2.75, 3.05) is 10.7 Å². The molecule has 0 aliphatic carbocycles. The third kappa shape index (κ3) is 4.01. The molecule has 0 atom stereocenters. The Hall–Kier alpha value is -0.0900. The summed E-state index contributed by atoms with van der Waals surface area (Å²) in [5.41, 5.74) is 2.02. The standard InChI is InChI=1S/C16H13Br2Cl2F/c17-9-16(10-18,12-2-4-13(19)5-3-12)8-11-1-6-15(21)14(20)7-11/h1-7H,8-10H2. The maximum absolute atomic E-state index is 13.3. The van der Waals surface area contributed by atoms with Crippen molar-refractivity contribution in [3.8, 4) is 0 Å². The highest BCUT2D eigenvalue weighted by Crippen LogP contribution is 2.34. The van der Waals surface area contributed by atoms with Crippen LogP contribution in [0.2, 0.25) is 10.0 Å². The van der Waals surface area contributed by atoms with E-state index < -0.39 is 5.82 Å². The molecule has 0 amide bonds. The first-order valence-corrected chi connectivity index (χ1v) is 9.32. The number of benzene rings is 2. The number of halogens is 5. The molecule has 0 radical (unpaired) electrons. The molecular weight excluding hydrogens is 442 g/mol. The molecule has 0 aliphatic heterocycles. The van der Waals surface area contributed by atoms with E-state index in [1.54, 1.807) is 12.1 Å². The molecule has 21 heavy (non-hydrogen) atoms. The zero-order valence-corrected chi connectivity index (χ0v) is 15.7. The van der Waals surface area contributed by atoms with E-state index in [9.17, 15) is 4.39 Å². The minimum Gasteiger partial charge on any atom is -0.205 e. The minimum absolute atomic E-state index is 0.147. The lowest BCUT2D eigenvalue weighted by atomic mass is 9.79. The first-order chi connectivity index (χ1) is 10.0. The first-order valence-electron chi connectivity index (χ1n) is 6.33. The molecule has 0 bridgehead atoms.